The van der Waals surface area contributed by atoms with E-state index in [1.54, 1.807) is 18.2 Å². The van der Waals surface area contributed by atoms with Crippen molar-refractivity contribution in [2.45, 2.75) is 25.4 Å². The number of nitrogens with zero attached hydrogens (tertiary/aromatic N) is 4. The molecule has 0 aliphatic carbocycles. The first-order valence-electron chi connectivity index (χ1n) is 13.1. The van der Waals surface area contributed by atoms with Crippen LogP contribution in [0, 0.1) is 5.82 Å². The molecule has 0 bridgehead atoms. The number of fused-ring (bicyclic) bond motifs is 1. The molecule has 3 aromatic carbocycles. The minimum absolute atomic E-state index is 0.251. The van der Waals surface area contributed by atoms with Gasteiger partial charge < -0.3 is 20.1 Å². The first kappa shape index (κ1) is 24.8. The van der Waals surface area contributed by atoms with Crippen molar-refractivity contribution in [3.05, 3.63) is 95.8 Å². The second-order valence-electron chi connectivity index (χ2n) is 10.0. The predicted molar refractivity (Wildman–Crippen MR) is 151 cm³/mol. The standard InChI is InChI=1S/C30H30FN7O/c1-37-16-14-23(15-17-37)32-22-12-10-20(11-13-22)30(39)34-28-18-26(35-36-28)29-33-25-8-4-5-9-27(25)38(29)19-21-6-2-3-7-24(21)31/h2-13,18,23,32H,14-17,19H2,1H3,(H2,34,35,36,39). The van der Waals surface area contributed by atoms with Crippen molar-refractivity contribution < 1.29 is 9.18 Å². The van der Waals surface area contributed by atoms with Gasteiger partial charge in [0.05, 0.1) is 17.6 Å². The van der Waals surface area contributed by atoms with Crippen LogP contribution in [0.1, 0.15) is 28.8 Å². The lowest BCUT2D eigenvalue weighted by Crippen LogP contribution is -2.36. The van der Waals surface area contributed by atoms with E-state index in [2.05, 4.69) is 32.8 Å². The molecular weight excluding hydrogens is 493 g/mol. The van der Waals surface area contributed by atoms with E-state index in [1.807, 2.05) is 59.2 Å². The lowest BCUT2D eigenvalue weighted by atomic mass is 10.0. The summed E-state index contributed by atoms with van der Waals surface area (Å²) in [5, 5.41) is 13.7. The lowest BCUT2D eigenvalue weighted by molar-refractivity contribution is 0.102. The fourth-order valence-electron chi connectivity index (χ4n) is 5.03. The number of aromatic nitrogens is 4. The average Bonchev–Trinajstić information content (AvgIpc) is 3.56. The fourth-order valence-corrected chi connectivity index (χ4v) is 5.03. The van der Waals surface area contributed by atoms with Crippen molar-refractivity contribution in [1.29, 1.82) is 0 Å². The maximum Gasteiger partial charge on any atom is 0.256 e. The van der Waals surface area contributed by atoms with Crippen LogP contribution in [0.3, 0.4) is 0 Å². The van der Waals surface area contributed by atoms with Gasteiger partial charge in [0.25, 0.3) is 5.91 Å². The maximum absolute atomic E-state index is 14.5. The molecule has 2 aromatic heterocycles. The molecule has 3 N–H and O–H groups in total. The number of likely N-dealkylation sites (tertiary alicyclic amines) is 1. The van der Waals surface area contributed by atoms with Crippen molar-refractivity contribution in [3.8, 4) is 11.5 Å². The van der Waals surface area contributed by atoms with Gasteiger partial charge in [0, 0.05) is 28.9 Å². The number of amides is 1. The van der Waals surface area contributed by atoms with E-state index < -0.39 is 0 Å². The average molecular weight is 524 g/mol. The molecule has 5 aromatic rings. The summed E-state index contributed by atoms with van der Waals surface area (Å²) in [6.45, 7) is 2.48. The minimum Gasteiger partial charge on any atom is -0.382 e. The number of piperidine rings is 1. The number of carbonyl (C=O) groups excluding carboxylic acids is 1. The maximum atomic E-state index is 14.5. The Morgan fingerprint density at radius 3 is 2.56 bits per heavy atom. The van der Waals surface area contributed by atoms with Gasteiger partial charge in [-0.05, 0) is 75.4 Å². The zero-order valence-corrected chi connectivity index (χ0v) is 21.7. The number of rotatable bonds is 7. The largest absolute Gasteiger partial charge is 0.382 e. The molecule has 1 amide bonds. The summed E-state index contributed by atoms with van der Waals surface area (Å²) in [6, 6.07) is 24.1. The highest BCUT2D eigenvalue weighted by atomic mass is 19.1. The molecule has 3 heterocycles. The molecule has 39 heavy (non-hydrogen) atoms. The minimum atomic E-state index is -0.272. The summed E-state index contributed by atoms with van der Waals surface area (Å²) >= 11 is 0. The molecule has 0 spiro atoms. The van der Waals surface area contributed by atoms with Crippen molar-refractivity contribution in [2.75, 3.05) is 30.8 Å². The molecule has 1 saturated heterocycles. The number of nitrogens with one attached hydrogen (secondary N) is 3. The molecular formula is C30H30FN7O. The van der Waals surface area contributed by atoms with Crippen LogP contribution in [0.2, 0.25) is 0 Å². The van der Waals surface area contributed by atoms with Crippen LogP contribution in [0.25, 0.3) is 22.6 Å². The quantitative estimate of drug-likeness (QED) is 0.267. The zero-order valence-electron chi connectivity index (χ0n) is 21.7. The van der Waals surface area contributed by atoms with Crippen LogP contribution in [0.5, 0.6) is 0 Å². The van der Waals surface area contributed by atoms with Gasteiger partial charge in [0.15, 0.2) is 11.6 Å². The van der Waals surface area contributed by atoms with E-state index in [4.69, 9.17) is 4.98 Å². The van der Waals surface area contributed by atoms with E-state index in [0.29, 0.717) is 41.0 Å². The summed E-state index contributed by atoms with van der Waals surface area (Å²) in [5.74, 6) is 0.468. The summed E-state index contributed by atoms with van der Waals surface area (Å²) < 4.78 is 16.4. The smallest absolute Gasteiger partial charge is 0.256 e. The Balaban J connectivity index is 1.18. The second kappa shape index (κ2) is 10.7. The van der Waals surface area contributed by atoms with E-state index in [0.717, 1.165) is 42.7 Å². The topological polar surface area (TPSA) is 90.9 Å². The summed E-state index contributed by atoms with van der Waals surface area (Å²) in [4.78, 5) is 20.0. The van der Waals surface area contributed by atoms with Crippen molar-refractivity contribution in [3.63, 3.8) is 0 Å². The second-order valence-corrected chi connectivity index (χ2v) is 10.0. The Morgan fingerprint density at radius 2 is 1.77 bits per heavy atom. The number of carbonyl (C=O) groups is 1. The highest BCUT2D eigenvalue weighted by Gasteiger charge is 2.18. The number of H-pyrrole nitrogens is 1. The van der Waals surface area contributed by atoms with E-state index >= 15 is 0 Å². The Morgan fingerprint density at radius 1 is 1.03 bits per heavy atom. The number of para-hydroxylation sites is 2. The van der Waals surface area contributed by atoms with Gasteiger partial charge >= 0.3 is 0 Å². The van der Waals surface area contributed by atoms with Gasteiger partial charge in [-0.25, -0.2) is 9.37 Å². The van der Waals surface area contributed by atoms with Gasteiger partial charge in [-0.2, -0.15) is 5.10 Å². The van der Waals surface area contributed by atoms with E-state index in [1.165, 1.54) is 6.07 Å². The van der Waals surface area contributed by atoms with Crippen LogP contribution in [-0.4, -0.2) is 56.7 Å². The summed E-state index contributed by atoms with van der Waals surface area (Å²) in [5.41, 5.74) is 4.40. The van der Waals surface area contributed by atoms with E-state index in [9.17, 15) is 9.18 Å². The number of hydrogen-bond acceptors (Lipinski definition) is 5. The highest BCUT2D eigenvalue weighted by Crippen LogP contribution is 2.27. The number of halogens is 1. The first-order chi connectivity index (χ1) is 19.0. The molecule has 0 saturated carbocycles. The molecule has 6 rings (SSSR count). The number of aromatic amines is 1. The SMILES string of the molecule is CN1CCC(Nc2ccc(C(=O)Nc3cc(-c4nc5ccccc5n4Cc4ccccc4F)[nH]n3)cc2)CC1. The molecule has 1 aliphatic heterocycles. The molecule has 0 unspecified atom stereocenters. The predicted octanol–water partition coefficient (Wildman–Crippen LogP) is 5.37. The van der Waals surface area contributed by atoms with E-state index in [-0.39, 0.29) is 11.7 Å². The van der Waals surface area contributed by atoms with Crippen LogP contribution < -0.4 is 10.6 Å². The number of imidazole rings is 1. The monoisotopic (exact) mass is 523 g/mol. The van der Waals surface area contributed by atoms with Gasteiger partial charge in [0.2, 0.25) is 0 Å². The molecule has 1 fully saturated rings. The Kier molecular flexibility index (Phi) is 6.81. The third kappa shape index (κ3) is 5.39. The Bertz CT molecular complexity index is 1600. The van der Waals surface area contributed by atoms with Crippen molar-refractivity contribution in [1.82, 2.24) is 24.6 Å². The number of hydrogen-bond donors (Lipinski definition) is 3. The van der Waals surface area contributed by atoms with Gasteiger partial charge in [-0.3, -0.25) is 9.89 Å². The van der Waals surface area contributed by atoms with Crippen molar-refractivity contribution >= 4 is 28.4 Å². The van der Waals surface area contributed by atoms with Crippen LogP contribution >= 0.6 is 0 Å². The highest BCUT2D eigenvalue weighted by molar-refractivity contribution is 6.04. The van der Waals surface area contributed by atoms with Crippen LogP contribution in [0.15, 0.2) is 78.9 Å². The molecule has 0 radical (unpaired) electrons. The fraction of sp³-hybridized carbons (Fsp3) is 0.233. The number of benzene rings is 3. The van der Waals surface area contributed by atoms with Crippen LogP contribution in [0.4, 0.5) is 15.9 Å². The Hall–Kier alpha value is -4.50. The summed E-state index contributed by atoms with van der Waals surface area (Å²) in [7, 11) is 2.15. The first-order valence-corrected chi connectivity index (χ1v) is 13.1. The van der Waals surface area contributed by atoms with Gasteiger partial charge in [-0.15, -0.1) is 0 Å². The molecule has 0 atom stereocenters. The zero-order chi connectivity index (χ0) is 26.8. The summed E-state index contributed by atoms with van der Waals surface area (Å²) in [6.07, 6.45) is 2.21. The molecule has 198 valence electrons. The normalized spacial score (nSPS) is 14.5. The lowest BCUT2D eigenvalue weighted by Gasteiger charge is -2.30. The number of anilines is 2. The van der Waals surface area contributed by atoms with Gasteiger partial charge in [0.1, 0.15) is 11.5 Å². The molecule has 1 aliphatic rings. The third-order valence-corrected chi connectivity index (χ3v) is 7.24. The Labute approximate surface area is 225 Å². The van der Waals surface area contributed by atoms with Crippen LogP contribution in [-0.2, 0) is 6.54 Å². The van der Waals surface area contributed by atoms with Gasteiger partial charge in [-0.1, -0.05) is 30.3 Å². The third-order valence-electron chi connectivity index (χ3n) is 7.24. The van der Waals surface area contributed by atoms with Crippen molar-refractivity contribution in [2.24, 2.45) is 0 Å². The molecule has 8 nitrogen and oxygen atoms in total. The molecule has 9 heteroatoms.